The molecule has 0 aromatic heterocycles. The van der Waals surface area contributed by atoms with Gasteiger partial charge in [0.15, 0.2) is 6.29 Å². The van der Waals surface area contributed by atoms with Crippen molar-refractivity contribution in [1.82, 2.24) is 0 Å². The van der Waals surface area contributed by atoms with Gasteiger partial charge in [-0.1, -0.05) is 13.3 Å². The Kier molecular flexibility index (Phi) is 3.16. The van der Waals surface area contributed by atoms with Crippen LogP contribution in [0.1, 0.15) is 33.1 Å². The lowest BCUT2D eigenvalue weighted by Gasteiger charge is -2.07. The van der Waals surface area contributed by atoms with Gasteiger partial charge in [0.25, 0.3) is 0 Å². The summed E-state index contributed by atoms with van der Waals surface area (Å²) in [5.74, 6) is 0. The van der Waals surface area contributed by atoms with Gasteiger partial charge >= 0.3 is 0 Å². The molecule has 1 aliphatic heterocycles. The van der Waals surface area contributed by atoms with E-state index >= 15 is 0 Å². The van der Waals surface area contributed by atoms with Crippen molar-refractivity contribution in [1.29, 1.82) is 0 Å². The summed E-state index contributed by atoms with van der Waals surface area (Å²) in [5, 5.41) is 0. The van der Waals surface area contributed by atoms with Crippen LogP contribution in [0.4, 0.5) is 0 Å². The third-order valence-corrected chi connectivity index (χ3v) is 1.69. The maximum atomic E-state index is 5.44. The molecule has 0 aliphatic carbocycles. The van der Waals surface area contributed by atoms with E-state index in [-0.39, 0.29) is 6.29 Å². The first-order valence-corrected chi connectivity index (χ1v) is 4.10. The molecule has 1 fully saturated rings. The van der Waals surface area contributed by atoms with Gasteiger partial charge in [-0.05, 0) is 19.8 Å². The molecular weight excluding hydrogens is 128 g/mol. The Hall–Kier alpha value is -0.0800. The molecule has 0 bridgehead atoms. The Bertz CT molecular complexity index is 93.3. The fraction of sp³-hybridized carbons (Fsp3) is 1.00. The molecule has 10 heavy (non-hydrogen) atoms. The van der Waals surface area contributed by atoms with Crippen LogP contribution in [0, 0.1) is 0 Å². The zero-order valence-electron chi connectivity index (χ0n) is 6.80. The predicted octanol–water partition coefficient (Wildman–Crippen LogP) is 1.94. The van der Waals surface area contributed by atoms with E-state index in [0.717, 1.165) is 13.0 Å². The van der Waals surface area contributed by atoms with Crippen LogP contribution < -0.4 is 0 Å². The van der Waals surface area contributed by atoms with Crippen molar-refractivity contribution in [2.24, 2.45) is 0 Å². The van der Waals surface area contributed by atoms with Gasteiger partial charge in [0.1, 0.15) is 0 Å². The quantitative estimate of drug-likeness (QED) is 0.602. The first-order valence-electron chi connectivity index (χ1n) is 4.10. The van der Waals surface area contributed by atoms with Crippen molar-refractivity contribution in [3.63, 3.8) is 0 Å². The minimum absolute atomic E-state index is 0.0925. The lowest BCUT2D eigenvalue weighted by atomic mass is 10.2. The third kappa shape index (κ3) is 2.27. The average molecular weight is 144 g/mol. The van der Waals surface area contributed by atoms with Gasteiger partial charge in [0.2, 0.25) is 0 Å². The second-order valence-corrected chi connectivity index (χ2v) is 2.85. The molecule has 2 atom stereocenters. The summed E-state index contributed by atoms with van der Waals surface area (Å²) in [6.45, 7) is 5.00. The average Bonchev–Trinajstić information content (AvgIpc) is 2.31. The van der Waals surface area contributed by atoms with Crippen molar-refractivity contribution in [3.8, 4) is 0 Å². The van der Waals surface area contributed by atoms with Crippen molar-refractivity contribution >= 4 is 0 Å². The first kappa shape index (κ1) is 8.02. The molecule has 0 N–H and O–H groups in total. The van der Waals surface area contributed by atoms with Gasteiger partial charge in [-0.3, -0.25) is 0 Å². The number of hydrogen-bond donors (Lipinski definition) is 0. The minimum atomic E-state index is 0.0925. The molecule has 0 aromatic carbocycles. The molecule has 60 valence electrons. The zero-order valence-corrected chi connectivity index (χ0v) is 6.80. The van der Waals surface area contributed by atoms with Crippen LogP contribution in [0.3, 0.4) is 0 Å². The second-order valence-electron chi connectivity index (χ2n) is 2.85. The Labute approximate surface area is 62.5 Å². The molecule has 1 aliphatic rings. The third-order valence-electron chi connectivity index (χ3n) is 1.69. The topological polar surface area (TPSA) is 18.5 Å². The van der Waals surface area contributed by atoms with Gasteiger partial charge in [0, 0.05) is 0 Å². The number of hydrogen-bond acceptors (Lipinski definition) is 2. The standard InChI is InChI=1S/C8H16O2/c1-3-4-5-8-9-6-7(2)10-8/h7-8H,3-6H2,1-2H3/t7-,8?/m0/s1. The van der Waals surface area contributed by atoms with Crippen LogP contribution in [0.5, 0.6) is 0 Å². The van der Waals surface area contributed by atoms with E-state index in [1.54, 1.807) is 0 Å². The van der Waals surface area contributed by atoms with Gasteiger partial charge < -0.3 is 9.47 Å². The molecule has 0 radical (unpaired) electrons. The van der Waals surface area contributed by atoms with Crippen molar-refractivity contribution < 1.29 is 9.47 Å². The maximum Gasteiger partial charge on any atom is 0.158 e. The summed E-state index contributed by atoms with van der Waals surface area (Å²) in [6.07, 6.45) is 3.88. The van der Waals surface area contributed by atoms with Crippen LogP contribution in [0.25, 0.3) is 0 Å². The fourth-order valence-electron chi connectivity index (χ4n) is 1.10. The summed E-state index contributed by atoms with van der Waals surface area (Å²) >= 11 is 0. The Morgan fingerprint density at radius 1 is 1.50 bits per heavy atom. The first-order chi connectivity index (χ1) is 4.83. The van der Waals surface area contributed by atoms with Gasteiger partial charge in [-0.2, -0.15) is 0 Å². The molecular formula is C8H16O2. The van der Waals surface area contributed by atoms with Crippen LogP contribution in [-0.4, -0.2) is 19.0 Å². The lowest BCUT2D eigenvalue weighted by molar-refractivity contribution is -0.0601. The molecule has 1 heterocycles. The van der Waals surface area contributed by atoms with E-state index < -0.39 is 0 Å². The summed E-state index contributed by atoms with van der Waals surface area (Å²) < 4.78 is 10.8. The maximum absolute atomic E-state index is 5.44. The predicted molar refractivity (Wildman–Crippen MR) is 39.8 cm³/mol. The van der Waals surface area contributed by atoms with E-state index in [1.807, 2.05) is 6.92 Å². The van der Waals surface area contributed by atoms with Crippen molar-refractivity contribution in [3.05, 3.63) is 0 Å². The van der Waals surface area contributed by atoms with Crippen molar-refractivity contribution in [2.45, 2.75) is 45.5 Å². The Balaban J connectivity index is 2.06. The Morgan fingerprint density at radius 2 is 2.30 bits per heavy atom. The van der Waals surface area contributed by atoms with E-state index in [1.165, 1.54) is 12.8 Å². The summed E-state index contributed by atoms with van der Waals surface area (Å²) in [5.41, 5.74) is 0. The summed E-state index contributed by atoms with van der Waals surface area (Å²) in [6, 6.07) is 0. The minimum Gasteiger partial charge on any atom is -0.350 e. The van der Waals surface area contributed by atoms with Crippen molar-refractivity contribution in [2.75, 3.05) is 6.61 Å². The summed E-state index contributed by atoms with van der Waals surface area (Å²) in [7, 11) is 0. The van der Waals surface area contributed by atoms with Crippen LogP contribution in [0.15, 0.2) is 0 Å². The monoisotopic (exact) mass is 144 g/mol. The highest BCUT2D eigenvalue weighted by Crippen LogP contribution is 2.15. The second kappa shape index (κ2) is 3.94. The molecule has 2 nitrogen and oxygen atoms in total. The lowest BCUT2D eigenvalue weighted by Crippen LogP contribution is -2.08. The smallest absolute Gasteiger partial charge is 0.158 e. The number of ether oxygens (including phenoxy) is 2. The van der Waals surface area contributed by atoms with Gasteiger partial charge in [-0.15, -0.1) is 0 Å². The van der Waals surface area contributed by atoms with Crippen LogP contribution in [0.2, 0.25) is 0 Å². The highest BCUT2D eigenvalue weighted by atomic mass is 16.7. The molecule has 0 amide bonds. The molecule has 0 aromatic rings. The largest absolute Gasteiger partial charge is 0.350 e. The van der Waals surface area contributed by atoms with E-state index in [9.17, 15) is 0 Å². The molecule has 2 heteroatoms. The van der Waals surface area contributed by atoms with Gasteiger partial charge in [-0.25, -0.2) is 0 Å². The normalized spacial score (nSPS) is 33.0. The highest BCUT2D eigenvalue weighted by molar-refractivity contribution is 4.59. The molecule has 0 saturated carbocycles. The fourth-order valence-corrected chi connectivity index (χ4v) is 1.10. The number of unbranched alkanes of at least 4 members (excludes halogenated alkanes) is 1. The molecule has 1 unspecified atom stereocenters. The van der Waals surface area contributed by atoms with E-state index in [4.69, 9.17) is 9.47 Å². The van der Waals surface area contributed by atoms with Crippen LogP contribution in [-0.2, 0) is 9.47 Å². The highest BCUT2D eigenvalue weighted by Gasteiger charge is 2.20. The Morgan fingerprint density at radius 3 is 2.80 bits per heavy atom. The number of rotatable bonds is 3. The van der Waals surface area contributed by atoms with Gasteiger partial charge in [0.05, 0.1) is 12.7 Å². The molecule has 1 rings (SSSR count). The van der Waals surface area contributed by atoms with E-state index in [2.05, 4.69) is 6.92 Å². The zero-order chi connectivity index (χ0) is 7.40. The molecule has 0 spiro atoms. The SMILES string of the molecule is CCCCC1OC[C@H](C)O1. The molecule has 1 saturated heterocycles. The van der Waals surface area contributed by atoms with E-state index in [0.29, 0.717) is 6.10 Å². The van der Waals surface area contributed by atoms with Crippen LogP contribution >= 0.6 is 0 Å². The summed E-state index contributed by atoms with van der Waals surface area (Å²) in [4.78, 5) is 0.